The summed E-state index contributed by atoms with van der Waals surface area (Å²) in [6.07, 6.45) is 34.4. The van der Waals surface area contributed by atoms with Crippen LogP contribution in [-0.2, 0) is 4.79 Å². The van der Waals surface area contributed by atoms with Gasteiger partial charge in [0.05, 0.1) is 5.56 Å². The molecule has 37 heavy (non-hydrogen) atoms. The van der Waals surface area contributed by atoms with Crippen LogP contribution >= 0.6 is 13.5 Å². The van der Waals surface area contributed by atoms with Crippen LogP contribution in [0.2, 0.25) is 0 Å². The van der Waals surface area contributed by atoms with Crippen LogP contribution in [-0.4, -0.2) is 40.8 Å². The number of carbonyl (C=O) groups excluding carboxylic acids is 2. The lowest BCUT2D eigenvalue weighted by Gasteiger charge is -2.25. The van der Waals surface area contributed by atoms with Gasteiger partial charge in [0.25, 0.3) is 5.91 Å². The summed E-state index contributed by atoms with van der Waals surface area (Å²) < 4.78 is 0. The topological polar surface area (TPSA) is 62.3 Å². The van der Waals surface area contributed by atoms with E-state index in [1.807, 2.05) is 4.90 Å². The smallest absolute Gasteiger partial charge is 0.252 e. The first-order chi connectivity index (χ1) is 17.7. The molecule has 1 aliphatic heterocycles. The van der Waals surface area contributed by atoms with E-state index in [1.54, 1.807) is 24.5 Å². The van der Waals surface area contributed by atoms with Gasteiger partial charge in [-0.05, 0) is 69.9 Å². The number of rotatable bonds is 16. The Bertz CT molecular complexity index is 906. The van der Waals surface area contributed by atoms with Crippen LogP contribution in [0.5, 0.6) is 0 Å². The van der Waals surface area contributed by atoms with Crippen LogP contribution < -0.4 is 5.32 Å². The third-order valence-corrected chi connectivity index (χ3v) is 6.04. The molecule has 0 aliphatic carbocycles. The highest BCUT2D eigenvalue weighted by molar-refractivity contribution is 7.59. The summed E-state index contributed by atoms with van der Waals surface area (Å²) in [6.45, 7) is 3.43. The largest absolute Gasteiger partial charge is 0.350 e. The number of likely N-dealkylation sites (tertiary alicyclic amines) is 1. The molecule has 1 fully saturated rings. The first-order valence-electron chi connectivity index (χ1n) is 13.4. The van der Waals surface area contributed by atoms with Crippen molar-refractivity contribution in [3.8, 4) is 0 Å². The molecular weight excluding hydrogens is 478 g/mol. The Hall–Kier alpha value is -2.86. The van der Waals surface area contributed by atoms with Crippen molar-refractivity contribution in [3.05, 3.63) is 90.9 Å². The maximum absolute atomic E-state index is 12.7. The molecule has 0 bridgehead atoms. The van der Waals surface area contributed by atoms with Gasteiger partial charge in [-0.3, -0.25) is 14.6 Å². The lowest BCUT2D eigenvalue weighted by Crippen LogP contribution is -2.43. The number of hydrogen-bond donors (Lipinski definition) is 1. The minimum atomic E-state index is -0.138. The normalized spacial score (nSPS) is 16.0. The second-order valence-electron chi connectivity index (χ2n) is 8.94. The molecule has 0 aromatic carbocycles. The second kappa shape index (κ2) is 21.2. The van der Waals surface area contributed by atoms with E-state index in [9.17, 15) is 9.59 Å². The SMILES string of the molecule is CC/C=C\C/C=C\C/C=C\C/C=C\C/C=C\CCCC(=O)N1CCC[C@H]1CNC(=O)c1cccnc1.S. The van der Waals surface area contributed by atoms with Crippen molar-refractivity contribution in [2.24, 2.45) is 0 Å². The van der Waals surface area contributed by atoms with Gasteiger partial charge in [-0.15, -0.1) is 0 Å². The Labute approximate surface area is 231 Å². The molecule has 0 saturated carbocycles. The number of pyridine rings is 1. The van der Waals surface area contributed by atoms with Crippen molar-refractivity contribution in [2.75, 3.05) is 13.1 Å². The molecule has 1 aromatic rings. The van der Waals surface area contributed by atoms with Crippen molar-refractivity contribution in [1.29, 1.82) is 0 Å². The standard InChI is InChI=1S/C31H43N3O2.H2S/c1-2-3-4-5-6-7-8-9-10-11-12-13-14-15-16-17-18-23-30(35)34-25-20-22-29(34)27-33-31(36)28-21-19-24-32-26-28;/h3-4,6-7,9-10,12-13,15-16,19,21,24,26,29H,2,5,8,11,14,17-18,20,22-23,25,27H2,1H3,(H,33,36);1H2/b4-3-,7-6-,10-9-,13-12-,16-15-;/t29-;/m0./s1. The first-order valence-corrected chi connectivity index (χ1v) is 13.4. The van der Waals surface area contributed by atoms with Crippen molar-refractivity contribution < 1.29 is 9.59 Å². The second-order valence-corrected chi connectivity index (χ2v) is 8.94. The van der Waals surface area contributed by atoms with E-state index in [4.69, 9.17) is 0 Å². The summed E-state index contributed by atoms with van der Waals surface area (Å²) in [5.74, 6) is 0.0567. The number of aromatic nitrogens is 1. The molecule has 1 saturated heterocycles. The summed E-state index contributed by atoms with van der Waals surface area (Å²) in [5.41, 5.74) is 0.547. The highest BCUT2D eigenvalue weighted by Gasteiger charge is 2.28. The number of nitrogens with zero attached hydrogens (tertiary/aromatic N) is 2. The minimum absolute atomic E-state index is 0. The summed E-state index contributed by atoms with van der Waals surface area (Å²) in [5, 5.41) is 2.95. The van der Waals surface area contributed by atoms with E-state index in [1.165, 1.54) is 0 Å². The van der Waals surface area contributed by atoms with E-state index >= 15 is 0 Å². The maximum Gasteiger partial charge on any atom is 0.252 e. The van der Waals surface area contributed by atoms with E-state index in [0.29, 0.717) is 18.5 Å². The van der Waals surface area contributed by atoms with Gasteiger partial charge in [-0.25, -0.2) is 0 Å². The van der Waals surface area contributed by atoms with Gasteiger partial charge in [-0.2, -0.15) is 13.5 Å². The third-order valence-electron chi connectivity index (χ3n) is 6.04. The zero-order chi connectivity index (χ0) is 25.7. The van der Waals surface area contributed by atoms with Gasteiger partial charge < -0.3 is 10.2 Å². The van der Waals surface area contributed by atoms with Crippen LogP contribution in [0.1, 0.15) is 81.5 Å². The Balaban J connectivity index is 0.00000684. The van der Waals surface area contributed by atoms with E-state index in [0.717, 1.165) is 64.3 Å². The van der Waals surface area contributed by atoms with Crippen LogP contribution in [0, 0.1) is 0 Å². The Morgan fingerprint density at radius 1 is 0.973 bits per heavy atom. The number of allylic oxidation sites excluding steroid dienone is 10. The van der Waals surface area contributed by atoms with Crippen LogP contribution in [0.15, 0.2) is 85.3 Å². The average molecular weight is 524 g/mol. The van der Waals surface area contributed by atoms with Crippen molar-refractivity contribution in [3.63, 3.8) is 0 Å². The molecule has 5 nitrogen and oxygen atoms in total. The zero-order valence-electron chi connectivity index (χ0n) is 22.4. The molecule has 6 heteroatoms. The fraction of sp³-hybridized carbons (Fsp3) is 0.452. The Kier molecular flexibility index (Phi) is 18.5. The van der Waals surface area contributed by atoms with Gasteiger partial charge in [-0.1, -0.05) is 67.7 Å². The Morgan fingerprint density at radius 3 is 2.19 bits per heavy atom. The quantitative estimate of drug-likeness (QED) is 0.191. The highest BCUT2D eigenvalue weighted by atomic mass is 32.1. The van der Waals surface area contributed by atoms with Crippen LogP contribution in [0.4, 0.5) is 0 Å². The molecule has 0 radical (unpaired) electrons. The van der Waals surface area contributed by atoms with Gasteiger partial charge in [0.2, 0.25) is 5.91 Å². The third kappa shape index (κ3) is 14.5. The summed E-state index contributed by atoms with van der Waals surface area (Å²) in [6, 6.07) is 3.58. The molecule has 0 unspecified atom stereocenters. The average Bonchev–Trinajstić information content (AvgIpc) is 3.38. The van der Waals surface area contributed by atoms with Gasteiger partial charge in [0.1, 0.15) is 0 Å². The molecule has 2 amide bonds. The van der Waals surface area contributed by atoms with E-state index in [2.05, 4.69) is 78.0 Å². The number of carbonyl (C=O) groups is 2. The molecule has 2 heterocycles. The molecule has 202 valence electrons. The van der Waals surface area contributed by atoms with Crippen molar-refractivity contribution in [2.45, 2.75) is 77.2 Å². The fourth-order valence-corrected chi connectivity index (χ4v) is 4.07. The number of amides is 2. The predicted octanol–water partition coefficient (Wildman–Crippen LogP) is 6.84. The van der Waals surface area contributed by atoms with Crippen molar-refractivity contribution in [1.82, 2.24) is 15.2 Å². The molecule has 1 atom stereocenters. The first kappa shape index (κ1) is 32.2. The van der Waals surface area contributed by atoms with E-state index < -0.39 is 0 Å². The predicted molar refractivity (Wildman–Crippen MR) is 160 cm³/mol. The summed E-state index contributed by atoms with van der Waals surface area (Å²) >= 11 is 0. The van der Waals surface area contributed by atoms with Crippen LogP contribution in [0.25, 0.3) is 0 Å². The molecule has 1 aromatic heterocycles. The minimum Gasteiger partial charge on any atom is -0.350 e. The molecular formula is C31H45N3O2S. The van der Waals surface area contributed by atoms with Gasteiger partial charge in [0.15, 0.2) is 0 Å². The molecule has 2 rings (SSSR count). The van der Waals surface area contributed by atoms with Gasteiger partial charge in [0, 0.05) is 37.9 Å². The molecule has 1 N–H and O–H groups in total. The Morgan fingerprint density at radius 2 is 1.59 bits per heavy atom. The number of unbranched alkanes of at least 4 members (excludes halogenated alkanes) is 1. The fourth-order valence-electron chi connectivity index (χ4n) is 4.07. The number of hydrogen-bond acceptors (Lipinski definition) is 3. The monoisotopic (exact) mass is 523 g/mol. The highest BCUT2D eigenvalue weighted by Crippen LogP contribution is 2.18. The summed E-state index contributed by atoms with van der Waals surface area (Å²) in [7, 11) is 0. The lowest BCUT2D eigenvalue weighted by atomic mass is 10.1. The molecule has 1 aliphatic rings. The van der Waals surface area contributed by atoms with E-state index in [-0.39, 0.29) is 31.4 Å². The van der Waals surface area contributed by atoms with Crippen molar-refractivity contribution >= 4 is 25.3 Å². The van der Waals surface area contributed by atoms with Crippen LogP contribution in [0.3, 0.4) is 0 Å². The maximum atomic E-state index is 12.7. The zero-order valence-corrected chi connectivity index (χ0v) is 23.4. The molecule has 0 spiro atoms. The lowest BCUT2D eigenvalue weighted by molar-refractivity contribution is -0.132. The van der Waals surface area contributed by atoms with Gasteiger partial charge >= 0.3 is 0 Å². The summed E-state index contributed by atoms with van der Waals surface area (Å²) in [4.78, 5) is 30.9. The number of nitrogens with one attached hydrogen (secondary N) is 1.